The van der Waals surface area contributed by atoms with E-state index >= 15 is 0 Å². The maximum Gasteiger partial charge on any atom is 0.163 e. The number of aromatic nitrogens is 5. The third-order valence-electron chi connectivity index (χ3n) is 4.60. The number of anilines is 1. The Morgan fingerprint density at radius 2 is 1.74 bits per heavy atom. The summed E-state index contributed by atoms with van der Waals surface area (Å²) in [7, 11) is 3.96. The number of benzene rings is 1. The molecule has 0 spiro atoms. The third kappa shape index (κ3) is 3.79. The van der Waals surface area contributed by atoms with Gasteiger partial charge in [-0.1, -0.05) is 36.4 Å². The van der Waals surface area contributed by atoms with Gasteiger partial charge in [-0.15, -0.1) is 0 Å². The van der Waals surface area contributed by atoms with Gasteiger partial charge in [0.2, 0.25) is 0 Å². The lowest BCUT2D eigenvalue weighted by molar-refractivity contribution is 0.773. The van der Waals surface area contributed by atoms with Crippen LogP contribution in [0.4, 0.5) is 5.82 Å². The molecule has 6 nitrogen and oxygen atoms in total. The summed E-state index contributed by atoms with van der Waals surface area (Å²) in [6, 6.07) is 14.5. The SMILES string of the molecule is CN(Cc1cccnc1)c1nc(CCc2ccccc2)nc2c1cnn2C. The summed E-state index contributed by atoms with van der Waals surface area (Å²) in [6.07, 6.45) is 7.21. The van der Waals surface area contributed by atoms with E-state index in [4.69, 9.17) is 9.97 Å². The zero-order valence-electron chi connectivity index (χ0n) is 15.6. The van der Waals surface area contributed by atoms with Gasteiger partial charge in [0, 0.05) is 39.5 Å². The van der Waals surface area contributed by atoms with Crippen molar-refractivity contribution in [2.45, 2.75) is 19.4 Å². The van der Waals surface area contributed by atoms with Crippen molar-refractivity contribution >= 4 is 16.9 Å². The van der Waals surface area contributed by atoms with Gasteiger partial charge >= 0.3 is 0 Å². The summed E-state index contributed by atoms with van der Waals surface area (Å²) in [4.78, 5) is 16.0. The number of hydrogen-bond acceptors (Lipinski definition) is 5. The van der Waals surface area contributed by atoms with Crippen molar-refractivity contribution in [2.75, 3.05) is 11.9 Å². The zero-order valence-corrected chi connectivity index (χ0v) is 15.6. The molecule has 0 aliphatic carbocycles. The highest BCUT2D eigenvalue weighted by Crippen LogP contribution is 2.24. The highest BCUT2D eigenvalue weighted by atomic mass is 15.3. The van der Waals surface area contributed by atoms with Crippen molar-refractivity contribution in [3.8, 4) is 0 Å². The van der Waals surface area contributed by atoms with E-state index in [0.29, 0.717) is 0 Å². The number of hydrogen-bond donors (Lipinski definition) is 0. The van der Waals surface area contributed by atoms with Gasteiger partial charge < -0.3 is 4.90 Å². The quantitative estimate of drug-likeness (QED) is 0.530. The molecule has 3 aromatic heterocycles. The predicted molar refractivity (Wildman–Crippen MR) is 106 cm³/mol. The first-order chi connectivity index (χ1) is 13.2. The van der Waals surface area contributed by atoms with Crippen LogP contribution in [0.1, 0.15) is 17.0 Å². The average molecular weight is 358 g/mol. The van der Waals surface area contributed by atoms with Crippen LogP contribution < -0.4 is 4.90 Å². The van der Waals surface area contributed by atoms with Gasteiger partial charge in [0.05, 0.1) is 11.6 Å². The van der Waals surface area contributed by atoms with Crippen LogP contribution in [0.5, 0.6) is 0 Å². The molecule has 0 radical (unpaired) electrons. The molecule has 0 amide bonds. The minimum atomic E-state index is 0.729. The second-order valence-electron chi connectivity index (χ2n) is 6.67. The van der Waals surface area contributed by atoms with E-state index in [9.17, 15) is 0 Å². The average Bonchev–Trinajstić information content (AvgIpc) is 3.08. The molecule has 4 aromatic rings. The van der Waals surface area contributed by atoms with Crippen LogP contribution >= 0.6 is 0 Å². The lowest BCUT2D eigenvalue weighted by atomic mass is 10.1. The summed E-state index contributed by atoms with van der Waals surface area (Å²) in [6.45, 7) is 0.729. The summed E-state index contributed by atoms with van der Waals surface area (Å²) >= 11 is 0. The predicted octanol–water partition coefficient (Wildman–Crippen LogP) is 3.18. The van der Waals surface area contributed by atoms with Gasteiger partial charge in [0.25, 0.3) is 0 Å². The maximum absolute atomic E-state index is 4.87. The Labute approximate surface area is 158 Å². The molecule has 0 atom stereocenters. The molecule has 3 heterocycles. The van der Waals surface area contributed by atoms with Crippen LogP contribution in [0.2, 0.25) is 0 Å². The molecule has 27 heavy (non-hydrogen) atoms. The monoisotopic (exact) mass is 358 g/mol. The van der Waals surface area contributed by atoms with E-state index in [2.05, 4.69) is 45.3 Å². The van der Waals surface area contributed by atoms with E-state index in [1.165, 1.54) is 5.56 Å². The lowest BCUT2D eigenvalue weighted by Gasteiger charge is -2.19. The van der Waals surface area contributed by atoms with Gasteiger partial charge in [0.1, 0.15) is 11.6 Å². The fraction of sp³-hybridized carbons (Fsp3) is 0.238. The summed E-state index contributed by atoms with van der Waals surface area (Å²) in [5, 5.41) is 5.35. The lowest BCUT2D eigenvalue weighted by Crippen LogP contribution is -2.19. The van der Waals surface area contributed by atoms with Crippen molar-refractivity contribution in [2.24, 2.45) is 7.05 Å². The Morgan fingerprint density at radius 3 is 2.52 bits per heavy atom. The molecule has 6 heteroatoms. The van der Waals surface area contributed by atoms with Crippen molar-refractivity contribution in [1.29, 1.82) is 0 Å². The second kappa shape index (κ2) is 7.53. The number of aryl methyl sites for hydroxylation is 3. The molecule has 0 unspecified atom stereocenters. The van der Waals surface area contributed by atoms with E-state index < -0.39 is 0 Å². The van der Waals surface area contributed by atoms with Gasteiger partial charge in [0.15, 0.2) is 5.65 Å². The number of rotatable bonds is 6. The normalized spacial score (nSPS) is 11.0. The molecule has 0 saturated carbocycles. The molecule has 0 fully saturated rings. The van der Waals surface area contributed by atoms with Gasteiger partial charge in [-0.3, -0.25) is 9.67 Å². The first kappa shape index (κ1) is 17.1. The van der Waals surface area contributed by atoms with Crippen molar-refractivity contribution in [1.82, 2.24) is 24.7 Å². The minimum Gasteiger partial charge on any atom is -0.355 e. The smallest absolute Gasteiger partial charge is 0.163 e. The summed E-state index contributed by atoms with van der Waals surface area (Å²) in [5.41, 5.74) is 3.29. The van der Waals surface area contributed by atoms with Crippen LogP contribution in [-0.2, 0) is 26.4 Å². The number of pyridine rings is 1. The topological polar surface area (TPSA) is 59.7 Å². The fourth-order valence-corrected chi connectivity index (χ4v) is 3.20. The molecule has 0 saturated heterocycles. The molecule has 4 rings (SSSR count). The Hall–Kier alpha value is -3.28. The first-order valence-electron chi connectivity index (χ1n) is 9.03. The largest absolute Gasteiger partial charge is 0.355 e. The maximum atomic E-state index is 4.87. The molecule has 136 valence electrons. The Morgan fingerprint density at radius 1 is 0.926 bits per heavy atom. The van der Waals surface area contributed by atoms with E-state index in [1.807, 2.05) is 43.3 Å². The first-order valence-corrected chi connectivity index (χ1v) is 9.03. The van der Waals surface area contributed by atoms with E-state index in [-0.39, 0.29) is 0 Å². The highest BCUT2D eigenvalue weighted by Gasteiger charge is 2.15. The third-order valence-corrected chi connectivity index (χ3v) is 4.60. The molecule has 0 bridgehead atoms. The van der Waals surface area contributed by atoms with Crippen molar-refractivity contribution in [3.05, 3.63) is 78.0 Å². The van der Waals surface area contributed by atoms with Crippen LogP contribution in [0.3, 0.4) is 0 Å². The number of nitrogens with zero attached hydrogens (tertiary/aromatic N) is 6. The van der Waals surface area contributed by atoms with Gasteiger partial charge in [-0.25, -0.2) is 9.97 Å². The van der Waals surface area contributed by atoms with Crippen LogP contribution in [0.25, 0.3) is 11.0 Å². The van der Waals surface area contributed by atoms with Crippen molar-refractivity contribution in [3.63, 3.8) is 0 Å². The highest BCUT2D eigenvalue weighted by molar-refractivity contribution is 5.86. The van der Waals surface area contributed by atoms with Crippen LogP contribution in [0, 0.1) is 0 Å². The Kier molecular flexibility index (Phi) is 4.78. The molecular weight excluding hydrogens is 336 g/mol. The summed E-state index contributed by atoms with van der Waals surface area (Å²) < 4.78 is 1.81. The Bertz CT molecular complexity index is 1030. The van der Waals surface area contributed by atoms with Gasteiger partial charge in [-0.2, -0.15) is 5.10 Å². The second-order valence-corrected chi connectivity index (χ2v) is 6.67. The Balaban J connectivity index is 1.64. The molecule has 0 aliphatic rings. The van der Waals surface area contributed by atoms with E-state index in [0.717, 1.165) is 47.6 Å². The molecule has 0 aliphatic heterocycles. The van der Waals surface area contributed by atoms with Crippen LogP contribution in [-0.4, -0.2) is 31.8 Å². The zero-order chi connectivity index (χ0) is 18.6. The molecule has 0 N–H and O–H groups in total. The standard InChI is InChI=1S/C21H22N6/c1-26(15-17-9-6-12-22-13-17)20-18-14-23-27(2)21(18)25-19(24-20)11-10-16-7-4-3-5-8-16/h3-9,12-14H,10-11,15H2,1-2H3. The van der Waals surface area contributed by atoms with E-state index in [1.54, 1.807) is 6.20 Å². The summed E-state index contributed by atoms with van der Waals surface area (Å²) in [5.74, 6) is 1.74. The fourth-order valence-electron chi connectivity index (χ4n) is 3.20. The molecule has 1 aromatic carbocycles. The molecular formula is C21H22N6. The van der Waals surface area contributed by atoms with Gasteiger partial charge in [-0.05, 0) is 23.6 Å². The minimum absolute atomic E-state index is 0.729. The van der Waals surface area contributed by atoms with Crippen LogP contribution in [0.15, 0.2) is 61.1 Å². The van der Waals surface area contributed by atoms with Crippen molar-refractivity contribution < 1.29 is 0 Å². The number of fused-ring (bicyclic) bond motifs is 1.